The third kappa shape index (κ3) is 3.54. The van der Waals surface area contributed by atoms with Gasteiger partial charge in [0.15, 0.2) is 0 Å². The number of hydrogen-bond acceptors (Lipinski definition) is 3. The van der Waals surface area contributed by atoms with Gasteiger partial charge in [0.25, 0.3) is 0 Å². The van der Waals surface area contributed by atoms with E-state index in [4.69, 9.17) is 20.8 Å². The number of methoxy groups -OCH3 is 1. The van der Waals surface area contributed by atoms with Crippen LogP contribution in [0.15, 0.2) is 53.1 Å². The lowest BCUT2D eigenvalue weighted by atomic mass is 10.1. The number of nitrogens with zero attached hydrogens (tertiary/aromatic N) is 1. The third-order valence-electron chi connectivity index (χ3n) is 3.94. The van der Waals surface area contributed by atoms with Gasteiger partial charge in [-0.1, -0.05) is 23.7 Å². The van der Waals surface area contributed by atoms with Gasteiger partial charge in [0.1, 0.15) is 11.3 Å². The smallest absolute Gasteiger partial charge is 0.227 e. The van der Waals surface area contributed by atoms with Crippen LogP contribution in [0.4, 0.5) is 0 Å². The summed E-state index contributed by atoms with van der Waals surface area (Å²) in [6, 6.07) is 13.1. The molecule has 4 nitrogen and oxygen atoms in total. The third-order valence-corrected chi connectivity index (χ3v) is 4.17. The number of carbonyl (C=O) groups is 1. The first-order chi connectivity index (χ1) is 11.6. The number of ether oxygens (including phenoxy) is 1. The van der Waals surface area contributed by atoms with E-state index in [0.717, 1.165) is 27.8 Å². The zero-order valence-electron chi connectivity index (χ0n) is 13.6. The predicted octanol–water partition coefficient (Wildman–Crippen LogP) is 4.30. The molecule has 124 valence electrons. The van der Waals surface area contributed by atoms with Crippen molar-refractivity contribution in [1.29, 1.82) is 0 Å². The van der Waals surface area contributed by atoms with Crippen molar-refractivity contribution in [3.8, 4) is 5.75 Å². The van der Waals surface area contributed by atoms with E-state index in [2.05, 4.69) is 0 Å². The van der Waals surface area contributed by atoms with E-state index in [-0.39, 0.29) is 12.3 Å². The summed E-state index contributed by atoms with van der Waals surface area (Å²) in [6.45, 7) is 0.517. The SMILES string of the molecule is COc1ccc2c(CC(=O)N(C)Cc3cccc(Cl)c3)coc2c1. The molecule has 0 bridgehead atoms. The van der Waals surface area contributed by atoms with Crippen molar-refractivity contribution in [2.75, 3.05) is 14.2 Å². The molecule has 1 aromatic heterocycles. The standard InChI is InChI=1S/C19H18ClNO3/c1-21(11-13-4-3-5-15(20)8-13)19(22)9-14-12-24-18-10-16(23-2)6-7-17(14)18/h3-8,10,12H,9,11H2,1-2H3. The molecule has 0 saturated carbocycles. The molecule has 1 amide bonds. The van der Waals surface area contributed by atoms with Crippen LogP contribution in [0.2, 0.25) is 5.02 Å². The Kier molecular flexibility index (Phi) is 4.76. The van der Waals surface area contributed by atoms with Crippen LogP contribution in [0.1, 0.15) is 11.1 Å². The Morgan fingerprint density at radius 1 is 1.25 bits per heavy atom. The fourth-order valence-electron chi connectivity index (χ4n) is 2.62. The molecule has 0 unspecified atom stereocenters. The van der Waals surface area contributed by atoms with Gasteiger partial charge in [-0.3, -0.25) is 4.79 Å². The number of furan rings is 1. The van der Waals surface area contributed by atoms with Gasteiger partial charge < -0.3 is 14.1 Å². The number of amides is 1. The molecule has 0 aliphatic rings. The average Bonchev–Trinajstić information content (AvgIpc) is 2.96. The van der Waals surface area contributed by atoms with Crippen molar-refractivity contribution in [3.63, 3.8) is 0 Å². The zero-order valence-corrected chi connectivity index (χ0v) is 14.3. The first-order valence-electron chi connectivity index (χ1n) is 7.59. The molecule has 5 heteroatoms. The molecule has 0 atom stereocenters. The largest absolute Gasteiger partial charge is 0.497 e. The highest BCUT2D eigenvalue weighted by Crippen LogP contribution is 2.26. The summed E-state index contributed by atoms with van der Waals surface area (Å²) in [7, 11) is 3.40. The van der Waals surface area contributed by atoms with E-state index in [0.29, 0.717) is 11.6 Å². The van der Waals surface area contributed by atoms with E-state index in [1.165, 1.54) is 0 Å². The van der Waals surface area contributed by atoms with Crippen LogP contribution in [0.3, 0.4) is 0 Å². The normalized spacial score (nSPS) is 10.8. The van der Waals surface area contributed by atoms with Gasteiger partial charge in [-0.15, -0.1) is 0 Å². The first-order valence-corrected chi connectivity index (χ1v) is 7.97. The quantitative estimate of drug-likeness (QED) is 0.693. The lowest BCUT2D eigenvalue weighted by molar-refractivity contribution is -0.129. The summed E-state index contributed by atoms with van der Waals surface area (Å²) in [4.78, 5) is 14.2. The van der Waals surface area contributed by atoms with Crippen LogP contribution in [-0.4, -0.2) is 25.0 Å². The number of hydrogen-bond donors (Lipinski definition) is 0. The Labute approximate surface area is 145 Å². The Hall–Kier alpha value is -2.46. The maximum Gasteiger partial charge on any atom is 0.227 e. The maximum atomic E-state index is 12.5. The summed E-state index contributed by atoms with van der Waals surface area (Å²) < 4.78 is 10.7. The summed E-state index contributed by atoms with van der Waals surface area (Å²) in [5.74, 6) is 0.751. The molecule has 0 saturated heterocycles. The molecule has 3 aromatic rings. The van der Waals surface area contributed by atoms with Gasteiger partial charge >= 0.3 is 0 Å². The second kappa shape index (κ2) is 6.97. The summed E-state index contributed by atoms with van der Waals surface area (Å²) in [5.41, 5.74) is 2.59. The first kappa shape index (κ1) is 16.4. The summed E-state index contributed by atoms with van der Waals surface area (Å²) >= 11 is 5.99. The zero-order chi connectivity index (χ0) is 17.1. The summed E-state index contributed by atoms with van der Waals surface area (Å²) in [6.07, 6.45) is 1.92. The second-order valence-electron chi connectivity index (χ2n) is 5.68. The van der Waals surface area contributed by atoms with E-state index < -0.39 is 0 Å². The number of fused-ring (bicyclic) bond motifs is 1. The van der Waals surface area contributed by atoms with Crippen molar-refractivity contribution in [1.82, 2.24) is 4.90 Å². The highest BCUT2D eigenvalue weighted by molar-refractivity contribution is 6.30. The molecule has 3 rings (SSSR count). The Bertz CT molecular complexity index is 872. The molecule has 2 aromatic carbocycles. The Morgan fingerprint density at radius 3 is 2.83 bits per heavy atom. The van der Waals surface area contributed by atoms with Crippen molar-refractivity contribution < 1.29 is 13.9 Å². The van der Waals surface area contributed by atoms with Crippen LogP contribution in [0.5, 0.6) is 5.75 Å². The van der Waals surface area contributed by atoms with Gasteiger partial charge in [0, 0.05) is 35.6 Å². The summed E-state index contributed by atoms with van der Waals surface area (Å²) in [5, 5.41) is 1.60. The Morgan fingerprint density at radius 2 is 2.08 bits per heavy atom. The number of halogens is 1. The van der Waals surface area contributed by atoms with Crippen LogP contribution in [0, 0.1) is 0 Å². The molecule has 0 aliphatic carbocycles. The fraction of sp³-hybridized carbons (Fsp3) is 0.211. The molecule has 1 heterocycles. The van der Waals surface area contributed by atoms with Gasteiger partial charge in [-0.05, 0) is 29.8 Å². The lowest BCUT2D eigenvalue weighted by Crippen LogP contribution is -2.27. The molecular weight excluding hydrogens is 326 g/mol. The van der Waals surface area contributed by atoms with Gasteiger partial charge in [0.2, 0.25) is 5.91 Å². The Balaban J connectivity index is 1.72. The fourth-order valence-corrected chi connectivity index (χ4v) is 2.84. The molecule has 0 fully saturated rings. The monoisotopic (exact) mass is 343 g/mol. The van der Waals surface area contributed by atoms with Gasteiger partial charge in [-0.2, -0.15) is 0 Å². The molecule has 0 aliphatic heterocycles. The highest BCUT2D eigenvalue weighted by Gasteiger charge is 2.15. The lowest BCUT2D eigenvalue weighted by Gasteiger charge is -2.17. The van der Waals surface area contributed by atoms with E-state index in [9.17, 15) is 4.79 Å². The van der Waals surface area contributed by atoms with Crippen molar-refractivity contribution in [3.05, 3.63) is 64.9 Å². The predicted molar refractivity (Wildman–Crippen MR) is 94.4 cm³/mol. The van der Waals surface area contributed by atoms with E-state index in [1.54, 1.807) is 25.3 Å². The molecule has 0 N–H and O–H groups in total. The van der Waals surface area contributed by atoms with Crippen molar-refractivity contribution >= 4 is 28.5 Å². The average molecular weight is 344 g/mol. The van der Waals surface area contributed by atoms with Crippen LogP contribution >= 0.6 is 11.6 Å². The van der Waals surface area contributed by atoms with Crippen molar-refractivity contribution in [2.24, 2.45) is 0 Å². The minimum atomic E-state index is 0.0218. The molecule has 0 spiro atoms. The van der Waals surface area contributed by atoms with Gasteiger partial charge in [-0.25, -0.2) is 0 Å². The van der Waals surface area contributed by atoms with E-state index >= 15 is 0 Å². The maximum absolute atomic E-state index is 12.5. The molecule has 0 radical (unpaired) electrons. The topological polar surface area (TPSA) is 42.7 Å². The van der Waals surface area contributed by atoms with Crippen LogP contribution in [-0.2, 0) is 17.8 Å². The van der Waals surface area contributed by atoms with Crippen molar-refractivity contribution in [2.45, 2.75) is 13.0 Å². The molecule has 24 heavy (non-hydrogen) atoms. The van der Waals surface area contributed by atoms with E-state index in [1.807, 2.05) is 42.5 Å². The highest BCUT2D eigenvalue weighted by atomic mass is 35.5. The second-order valence-corrected chi connectivity index (χ2v) is 6.12. The minimum absolute atomic E-state index is 0.0218. The molecular formula is C19H18ClNO3. The van der Waals surface area contributed by atoms with Gasteiger partial charge in [0.05, 0.1) is 19.8 Å². The number of likely N-dealkylation sites (N-methyl/N-ethyl adjacent to an activating group) is 1. The minimum Gasteiger partial charge on any atom is -0.497 e. The number of carbonyl (C=O) groups excluding carboxylic acids is 1. The number of rotatable bonds is 5. The van der Waals surface area contributed by atoms with Crippen LogP contribution in [0.25, 0.3) is 11.0 Å². The number of benzene rings is 2. The van der Waals surface area contributed by atoms with Crippen LogP contribution < -0.4 is 4.74 Å².